The molecule has 0 bridgehead atoms. The lowest BCUT2D eigenvalue weighted by atomic mass is 9.91. The van der Waals surface area contributed by atoms with E-state index >= 15 is 0 Å². The highest BCUT2D eigenvalue weighted by Gasteiger charge is 2.17. The normalized spacial score (nSPS) is 11.7. The molecule has 1 heteroatoms. The van der Waals surface area contributed by atoms with Crippen LogP contribution in [0.4, 0.5) is 5.69 Å². The van der Waals surface area contributed by atoms with Crippen LogP contribution in [0, 0.1) is 0 Å². The molecule has 0 aliphatic carbocycles. The lowest BCUT2D eigenvalue weighted by Crippen LogP contribution is -2.14. The Hall–Kier alpha value is -2.80. The van der Waals surface area contributed by atoms with E-state index in [2.05, 4.69) is 91.6 Å². The fraction of sp³-hybridized carbons (Fsp3) is 0.0909. The molecule has 1 unspecified atom stereocenters. The first-order chi connectivity index (χ1) is 11.3. The average molecular weight is 299 g/mol. The minimum atomic E-state index is 0.0894. The van der Waals surface area contributed by atoms with E-state index < -0.39 is 0 Å². The first kappa shape index (κ1) is 15.1. The summed E-state index contributed by atoms with van der Waals surface area (Å²) in [5.74, 6) is 0. The molecule has 0 saturated carbocycles. The summed E-state index contributed by atoms with van der Waals surface area (Å²) in [6.07, 6.45) is 0. The van der Waals surface area contributed by atoms with Gasteiger partial charge >= 0.3 is 0 Å². The molecule has 1 nitrogen and oxygen atoms in total. The van der Waals surface area contributed by atoms with Crippen LogP contribution in [-0.2, 0) is 0 Å². The van der Waals surface area contributed by atoms with Gasteiger partial charge in [0, 0.05) is 5.69 Å². The van der Waals surface area contributed by atoms with E-state index in [0.29, 0.717) is 0 Å². The van der Waals surface area contributed by atoms with Crippen LogP contribution in [0.25, 0.3) is 5.57 Å². The van der Waals surface area contributed by atoms with E-state index in [4.69, 9.17) is 0 Å². The molecule has 0 radical (unpaired) electrons. The molecule has 114 valence electrons. The third kappa shape index (κ3) is 3.51. The van der Waals surface area contributed by atoms with E-state index in [0.717, 1.165) is 11.3 Å². The van der Waals surface area contributed by atoms with Gasteiger partial charge in [-0.1, -0.05) is 84.9 Å². The second-order valence-corrected chi connectivity index (χ2v) is 5.72. The number of rotatable bonds is 5. The maximum absolute atomic E-state index is 4.14. The number of anilines is 1. The molecule has 3 rings (SSSR count). The van der Waals surface area contributed by atoms with Gasteiger partial charge in [-0.15, -0.1) is 0 Å². The zero-order valence-corrected chi connectivity index (χ0v) is 13.4. The molecular weight excluding hydrogens is 278 g/mol. The van der Waals surface area contributed by atoms with E-state index in [9.17, 15) is 0 Å². The van der Waals surface area contributed by atoms with Crippen molar-refractivity contribution in [2.24, 2.45) is 0 Å². The van der Waals surface area contributed by atoms with Crippen molar-refractivity contribution in [3.63, 3.8) is 0 Å². The number of allylic oxidation sites excluding steroid dienone is 1. The zero-order chi connectivity index (χ0) is 16.1. The van der Waals surface area contributed by atoms with Crippen molar-refractivity contribution in [1.82, 2.24) is 0 Å². The van der Waals surface area contributed by atoms with Crippen molar-refractivity contribution in [3.8, 4) is 0 Å². The SMILES string of the molecule is C=C(C)c1ccccc1C(Nc1ccccc1)c1ccccc1. The lowest BCUT2D eigenvalue weighted by molar-refractivity contribution is 0.934. The quantitative estimate of drug-likeness (QED) is 0.616. The molecule has 0 saturated heterocycles. The van der Waals surface area contributed by atoms with Gasteiger partial charge in [0.05, 0.1) is 6.04 Å². The standard InChI is InChI=1S/C22H21N/c1-17(2)20-15-9-10-16-21(20)22(18-11-5-3-6-12-18)23-19-13-7-4-8-14-19/h3-16,22-23H,1H2,2H3. The first-order valence-electron chi connectivity index (χ1n) is 7.87. The van der Waals surface area contributed by atoms with Gasteiger partial charge in [-0.05, 0) is 35.7 Å². The molecule has 1 atom stereocenters. The van der Waals surface area contributed by atoms with Gasteiger partial charge in [0.2, 0.25) is 0 Å². The van der Waals surface area contributed by atoms with Crippen molar-refractivity contribution >= 4 is 11.3 Å². The molecule has 0 spiro atoms. The smallest absolute Gasteiger partial charge is 0.0773 e. The highest BCUT2D eigenvalue weighted by molar-refractivity contribution is 5.67. The summed E-state index contributed by atoms with van der Waals surface area (Å²) in [5, 5.41) is 3.67. The summed E-state index contributed by atoms with van der Waals surface area (Å²) in [7, 11) is 0. The number of hydrogen-bond donors (Lipinski definition) is 1. The van der Waals surface area contributed by atoms with Crippen LogP contribution in [0.3, 0.4) is 0 Å². The van der Waals surface area contributed by atoms with E-state index in [1.165, 1.54) is 16.7 Å². The predicted octanol–water partition coefficient (Wildman–Crippen LogP) is 5.92. The van der Waals surface area contributed by atoms with Crippen molar-refractivity contribution in [2.75, 3.05) is 5.32 Å². The second-order valence-electron chi connectivity index (χ2n) is 5.72. The van der Waals surface area contributed by atoms with Crippen LogP contribution in [0.15, 0.2) is 91.5 Å². The molecule has 23 heavy (non-hydrogen) atoms. The molecule has 0 aliphatic rings. The van der Waals surface area contributed by atoms with Crippen molar-refractivity contribution in [1.29, 1.82) is 0 Å². The molecule has 0 amide bonds. The van der Waals surface area contributed by atoms with Gasteiger partial charge in [0.1, 0.15) is 0 Å². The Morgan fingerprint density at radius 2 is 1.35 bits per heavy atom. The summed E-state index contributed by atoms with van der Waals surface area (Å²) in [6.45, 7) is 6.20. The molecule has 0 aromatic heterocycles. The van der Waals surface area contributed by atoms with Gasteiger partial charge in [0.25, 0.3) is 0 Å². The third-order valence-electron chi connectivity index (χ3n) is 3.95. The lowest BCUT2D eigenvalue weighted by Gasteiger charge is -2.24. The molecule has 0 fully saturated rings. The highest BCUT2D eigenvalue weighted by atomic mass is 14.9. The Kier molecular flexibility index (Phi) is 4.58. The van der Waals surface area contributed by atoms with Gasteiger partial charge < -0.3 is 5.32 Å². The summed E-state index contributed by atoms with van der Waals surface area (Å²) < 4.78 is 0. The van der Waals surface area contributed by atoms with Gasteiger partial charge in [0.15, 0.2) is 0 Å². The molecule has 3 aromatic carbocycles. The number of para-hydroxylation sites is 1. The minimum Gasteiger partial charge on any atom is -0.374 e. The molecule has 3 aromatic rings. The van der Waals surface area contributed by atoms with Crippen molar-refractivity contribution in [2.45, 2.75) is 13.0 Å². The number of benzene rings is 3. The summed E-state index contributed by atoms with van der Waals surface area (Å²) in [6, 6.07) is 29.4. The van der Waals surface area contributed by atoms with Crippen LogP contribution < -0.4 is 5.32 Å². The van der Waals surface area contributed by atoms with E-state index in [1.807, 2.05) is 12.1 Å². The Labute approximate surface area is 138 Å². The summed E-state index contributed by atoms with van der Waals surface area (Å²) >= 11 is 0. The topological polar surface area (TPSA) is 12.0 Å². The van der Waals surface area contributed by atoms with E-state index in [-0.39, 0.29) is 6.04 Å². The fourth-order valence-corrected chi connectivity index (χ4v) is 2.82. The zero-order valence-electron chi connectivity index (χ0n) is 13.4. The molecule has 1 N–H and O–H groups in total. The number of hydrogen-bond acceptors (Lipinski definition) is 1. The van der Waals surface area contributed by atoms with Gasteiger partial charge in [-0.2, -0.15) is 0 Å². The predicted molar refractivity (Wildman–Crippen MR) is 99.5 cm³/mol. The summed E-state index contributed by atoms with van der Waals surface area (Å²) in [5.41, 5.74) is 5.87. The Bertz CT molecular complexity index is 775. The maximum Gasteiger partial charge on any atom is 0.0773 e. The van der Waals surface area contributed by atoms with Crippen LogP contribution >= 0.6 is 0 Å². The largest absolute Gasteiger partial charge is 0.374 e. The van der Waals surface area contributed by atoms with Crippen LogP contribution in [0.2, 0.25) is 0 Å². The highest BCUT2D eigenvalue weighted by Crippen LogP contribution is 2.31. The molecular formula is C22H21N. The van der Waals surface area contributed by atoms with Crippen LogP contribution in [0.5, 0.6) is 0 Å². The van der Waals surface area contributed by atoms with Crippen molar-refractivity contribution in [3.05, 3.63) is 108 Å². The molecule has 0 aliphatic heterocycles. The third-order valence-corrected chi connectivity index (χ3v) is 3.95. The maximum atomic E-state index is 4.14. The average Bonchev–Trinajstić information content (AvgIpc) is 2.61. The first-order valence-corrected chi connectivity index (χ1v) is 7.87. The van der Waals surface area contributed by atoms with Crippen LogP contribution in [-0.4, -0.2) is 0 Å². The second kappa shape index (κ2) is 6.97. The van der Waals surface area contributed by atoms with Gasteiger partial charge in [-0.3, -0.25) is 0 Å². The molecule has 0 heterocycles. The van der Waals surface area contributed by atoms with E-state index in [1.54, 1.807) is 0 Å². The summed E-state index contributed by atoms with van der Waals surface area (Å²) in [4.78, 5) is 0. The van der Waals surface area contributed by atoms with Crippen LogP contribution in [0.1, 0.15) is 29.7 Å². The van der Waals surface area contributed by atoms with Crippen molar-refractivity contribution < 1.29 is 0 Å². The monoisotopic (exact) mass is 299 g/mol. The fourth-order valence-electron chi connectivity index (χ4n) is 2.82. The van der Waals surface area contributed by atoms with Gasteiger partial charge in [-0.25, -0.2) is 0 Å². The minimum absolute atomic E-state index is 0.0894. The Morgan fingerprint density at radius 3 is 2.00 bits per heavy atom. The number of nitrogens with one attached hydrogen (secondary N) is 1. The Balaban J connectivity index is 2.08. The Morgan fingerprint density at radius 1 is 0.783 bits per heavy atom.